The average Bonchev–Trinajstić information content (AvgIpc) is 2.59. The van der Waals surface area contributed by atoms with E-state index in [0.29, 0.717) is 5.02 Å². The van der Waals surface area contributed by atoms with Crippen molar-refractivity contribution in [2.45, 2.75) is 25.9 Å². The van der Waals surface area contributed by atoms with Crippen LogP contribution in [0.25, 0.3) is 0 Å². The molecule has 2 aromatic rings. The Labute approximate surface area is 157 Å². The van der Waals surface area contributed by atoms with E-state index >= 15 is 0 Å². The van der Waals surface area contributed by atoms with Crippen molar-refractivity contribution in [1.82, 2.24) is 5.32 Å². The third-order valence-corrected chi connectivity index (χ3v) is 5.22. The van der Waals surface area contributed by atoms with E-state index < -0.39 is 27.8 Å². The molecule has 2 rings (SSSR count). The SMILES string of the molecule is CC[C@@H](C(=O)NCc1ccc(Cl)cc1)N(c1ccc(F)cc1)S(C)(=O)=O. The van der Waals surface area contributed by atoms with E-state index in [1.54, 1.807) is 31.2 Å². The predicted octanol–water partition coefficient (Wildman–Crippen LogP) is 3.34. The van der Waals surface area contributed by atoms with Crippen LogP contribution >= 0.6 is 11.6 Å². The molecular weight excluding hydrogens is 379 g/mol. The first-order chi connectivity index (χ1) is 12.2. The number of sulfonamides is 1. The van der Waals surface area contributed by atoms with Crippen LogP contribution < -0.4 is 9.62 Å². The number of amides is 1. The van der Waals surface area contributed by atoms with Crippen LogP contribution in [0.15, 0.2) is 48.5 Å². The first-order valence-electron chi connectivity index (χ1n) is 7.99. The molecule has 0 saturated heterocycles. The summed E-state index contributed by atoms with van der Waals surface area (Å²) in [7, 11) is -3.74. The molecule has 0 fully saturated rings. The van der Waals surface area contributed by atoms with Crippen molar-refractivity contribution >= 4 is 33.2 Å². The fourth-order valence-electron chi connectivity index (χ4n) is 2.56. The highest BCUT2D eigenvalue weighted by atomic mass is 35.5. The Morgan fingerprint density at radius 1 is 1.15 bits per heavy atom. The number of rotatable bonds is 7. The molecule has 0 unspecified atom stereocenters. The molecule has 0 heterocycles. The van der Waals surface area contributed by atoms with Crippen molar-refractivity contribution in [3.05, 3.63) is 64.9 Å². The van der Waals surface area contributed by atoms with Gasteiger partial charge in [-0.2, -0.15) is 0 Å². The van der Waals surface area contributed by atoms with Crippen LogP contribution in [0.2, 0.25) is 5.02 Å². The molecule has 0 saturated carbocycles. The lowest BCUT2D eigenvalue weighted by Crippen LogP contribution is -2.49. The summed E-state index contributed by atoms with van der Waals surface area (Å²) < 4.78 is 38.7. The van der Waals surface area contributed by atoms with Gasteiger partial charge in [0, 0.05) is 11.6 Å². The monoisotopic (exact) mass is 398 g/mol. The van der Waals surface area contributed by atoms with E-state index in [1.165, 1.54) is 12.1 Å². The quantitative estimate of drug-likeness (QED) is 0.777. The maximum absolute atomic E-state index is 13.2. The van der Waals surface area contributed by atoms with Crippen molar-refractivity contribution in [2.75, 3.05) is 10.6 Å². The molecule has 8 heteroatoms. The summed E-state index contributed by atoms with van der Waals surface area (Å²) in [6, 6.07) is 11.0. The largest absolute Gasteiger partial charge is 0.350 e. The van der Waals surface area contributed by atoms with E-state index in [0.717, 1.165) is 28.3 Å². The number of nitrogens with one attached hydrogen (secondary N) is 1. The van der Waals surface area contributed by atoms with Crippen LogP contribution in [0, 0.1) is 5.82 Å². The normalized spacial score (nSPS) is 12.5. The molecule has 5 nitrogen and oxygen atoms in total. The van der Waals surface area contributed by atoms with Gasteiger partial charge >= 0.3 is 0 Å². The minimum absolute atomic E-state index is 0.238. The van der Waals surface area contributed by atoms with Crippen LogP contribution in [-0.4, -0.2) is 26.6 Å². The lowest BCUT2D eigenvalue weighted by molar-refractivity contribution is -0.122. The molecule has 0 bridgehead atoms. The number of carbonyl (C=O) groups is 1. The lowest BCUT2D eigenvalue weighted by Gasteiger charge is -2.30. The molecule has 0 aromatic heterocycles. The maximum atomic E-state index is 13.2. The van der Waals surface area contributed by atoms with Crippen molar-refractivity contribution in [2.24, 2.45) is 0 Å². The van der Waals surface area contributed by atoms with Gasteiger partial charge in [-0.05, 0) is 48.4 Å². The summed E-state index contributed by atoms with van der Waals surface area (Å²) in [6.45, 7) is 1.96. The molecule has 2 aromatic carbocycles. The molecule has 0 aliphatic carbocycles. The second kappa shape index (κ2) is 8.51. The van der Waals surface area contributed by atoms with Crippen molar-refractivity contribution < 1.29 is 17.6 Å². The smallest absolute Gasteiger partial charge is 0.244 e. The molecule has 140 valence electrons. The number of nitrogens with zero attached hydrogens (tertiary/aromatic N) is 1. The molecule has 0 aliphatic heterocycles. The molecule has 1 amide bonds. The number of anilines is 1. The molecule has 0 aliphatic rings. The van der Waals surface area contributed by atoms with E-state index in [1.807, 2.05) is 0 Å². The predicted molar refractivity (Wildman–Crippen MR) is 101 cm³/mol. The Balaban J connectivity index is 2.22. The molecule has 1 atom stereocenters. The van der Waals surface area contributed by atoms with Gasteiger partial charge in [0.2, 0.25) is 15.9 Å². The van der Waals surface area contributed by atoms with Crippen LogP contribution in [0.4, 0.5) is 10.1 Å². The average molecular weight is 399 g/mol. The third kappa shape index (κ3) is 5.19. The van der Waals surface area contributed by atoms with Gasteiger partial charge in [-0.3, -0.25) is 9.10 Å². The minimum Gasteiger partial charge on any atom is -0.350 e. The summed E-state index contributed by atoms with van der Waals surface area (Å²) in [4.78, 5) is 12.6. The van der Waals surface area contributed by atoms with E-state index in [9.17, 15) is 17.6 Å². The number of hydrogen-bond donors (Lipinski definition) is 1. The number of hydrogen-bond acceptors (Lipinski definition) is 3. The summed E-state index contributed by atoms with van der Waals surface area (Å²) in [5.41, 5.74) is 1.08. The van der Waals surface area contributed by atoms with E-state index in [4.69, 9.17) is 11.6 Å². The minimum atomic E-state index is -3.74. The highest BCUT2D eigenvalue weighted by Gasteiger charge is 2.31. The van der Waals surface area contributed by atoms with Gasteiger partial charge in [0.15, 0.2) is 0 Å². The zero-order chi connectivity index (χ0) is 19.3. The zero-order valence-corrected chi connectivity index (χ0v) is 16.0. The Kier molecular flexibility index (Phi) is 6.61. The Bertz CT molecular complexity index is 855. The van der Waals surface area contributed by atoms with Crippen LogP contribution in [0.1, 0.15) is 18.9 Å². The van der Waals surface area contributed by atoms with Crippen molar-refractivity contribution in [3.63, 3.8) is 0 Å². The fraction of sp³-hybridized carbons (Fsp3) is 0.278. The van der Waals surface area contributed by atoms with Crippen LogP contribution in [0.3, 0.4) is 0 Å². The zero-order valence-electron chi connectivity index (χ0n) is 14.4. The van der Waals surface area contributed by atoms with Gasteiger partial charge in [0.05, 0.1) is 11.9 Å². The standard InChI is InChI=1S/C18H20ClFN2O3S/c1-3-17(18(23)21-12-13-4-6-14(19)7-5-13)22(26(2,24)25)16-10-8-15(20)9-11-16/h4-11,17H,3,12H2,1-2H3,(H,21,23)/t17-/m0/s1. The van der Waals surface area contributed by atoms with Crippen LogP contribution in [0.5, 0.6) is 0 Å². The maximum Gasteiger partial charge on any atom is 0.244 e. The summed E-state index contributed by atoms with van der Waals surface area (Å²) >= 11 is 5.83. The summed E-state index contributed by atoms with van der Waals surface area (Å²) in [6.07, 6.45) is 1.28. The molecular formula is C18H20ClFN2O3S. The van der Waals surface area contributed by atoms with Gasteiger partial charge in [0.25, 0.3) is 0 Å². The molecule has 26 heavy (non-hydrogen) atoms. The molecule has 0 radical (unpaired) electrons. The lowest BCUT2D eigenvalue weighted by atomic mass is 10.1. The topological polar surface area (TPSA) is 66.5 Å². The van der Waals surface area contributed by atoms with Gasteiger partial charge in [0.1, 0.15) is 11.9 Å². The van der Waals surface area contributed by atoms with Gasteiger partial charge in [-0.15, -0.1) is 0 Å². The number of carbonyl (C=O) groups excluding carboxylic acids is 1. The summed E-state index contributed by atoms with van der Waals surface area (Å²) in [5.74, 6) is -0.917. The van der Waals surface area contributed by atoms with Gasteiger partial charge in [-0.1, -0.05) is 30.7 Å². The Hall–Kier alpha value is -2.12. The second-order valence-corrected chi connectivity index (χ2v) is 8.10. The first-order valence-corrected chi connectivity index (χ1v) is 10.2. The first kappa shape index (κ1) is 20.2. The van der Waals surface area contributed by atoms with Gasteiger partial charge < -0.3 is 5.32 Å². The van der Waals surface area contributed by atoms with E-state index in [-0.39, 0.29) is 18.7 Å². The number of benzene rings is 2. The molecule has 1 N–H and O–H groups in total. The van der Waals surface area contributed by atoms with Crippen LogP contribution in [-0.2, 0) is 21.4 Å². The van der Waals surface area contributed by atoms with Gasteiger partial charge in [-0.25, -0.2) is 12.8 Å². The summed E-state index contributed by atoms with van der Waals surface area (Å²) in [5, 5.41) is 3.33. The Morgan fingerprint density at radius 3 is 2.23 bits per heavy atom. The number of halogens is 2. The van der Waals surface area contributed by atoms with Crippen molar-refractivity contribution in [1.29, 1.82) is 0 Å². The Morgan fingerprint density at radius 2 is 1.73 bits per heavy atom. The van der Waals surface area contributed by atoms with E-state index in [2.05, 4.69) is 5.32 Å². The fourth-order valence-corrected chi connectivity index (χ4v) is 3.90. The van der Waals surface area contributed by atoms with Crippen molar-refractivity contribution in [3.8, 4) is 0 Å². The highest BCUT2D eigenvalue weighted by molar-refractivity contribution is 7.92. The second-order valence-electron chi connectivity index (χ2n) is 5.80. The molecule has 0 spiro atoms. The highest BCUT2D eigenvalue weighted by Crippen LogP contribution is 2.23. The third-order valence-electron chi connectivity index (χ3n) is 3.79.